The van der Waals surface area contributed by atoms with Crippen LogP contribution in [0.3, 0.4) is 0 Å². The normalized spacial score (nSPS) is 35.3. The Balaban J connectivity index is 2.10. The van der Waals surface area contributed by atoms with E-state index in [1.807, 2.05) is 11.8 Å². The van der Waals surface area contributed by atoms with E-state index in [0.717, 1.165) is 12.2 Å². The quantitative estimate of drug-likeness (QED) is 0.690. The molecule has 0 aromatic rings. The molecule has 90 valence electrons. The standard InChI is InChI=1S/C11H18N2O2S/c1-8-9(14)13(10(15)12(8)3)7-11(2)5-4-6-16-11/h8H,4-7H2,1-3H3/t8-,11?/m0/s1. The van der Waals surface area contributed by atoms with Crippen LogP contribution in [-0.2, 0) is 4.79 Å². The molecule has 1 unspecified atom stereocenters. The molecule has 4 nitrogen and oxygen atoms in total. The molecule has 2 saturated heterocycles. The van der Waals surface area contributed by atoms with Gasteiger partial charge in [-0.1, -0.05) is 0 Å². The van der Waals surface area contributed by atoms with Crippen LogP contribution in [0, 0.1) is 0 Å². The summed E-state index contributed by atoms with van der Waals surface area (Å²) < 4.78 is 0.0657. The lowest BCUT2D eigenvalue weighted by molar-refractivity contribution is -0.128. The molecule has 0 spiro atoms. The zero-order valence-electron chi connectivity index (χ0n) is 10.0. The molecule has 0 saturated carbocycles. The van der Waals surface area contributed by atoms with Gasteiger partial charge in [0.15, 0.2) is 0 Å². The number of rotatable bonds is 2. The first-order valence-corrected chi connectivity index (χ1v) is 6.65. The van der Waals surface area contributed by atoms with Crippen molar-refractivity contribution in [3.8, 4) is 0 Å². The van der Waals surface area contributed by atoms with Crippen molar-refractivity contribution in [3.63, 3.8) is 0 Å². The molecule has 0 N–H and O–H groups in total. The second kappa shape index (κ2) is 3.95. The highest BCUT2D eigenvalue weighted by Gasteiger charge is 2.44. The molecule has 2 rings (SSSR count). The number of carbonyl (C=O) groups is 2. The molecule has 16 heavy (non-hydrogen) atoms. The van der Waals surface area contributed by atoms with Crippen molar-refractivity contribution < 1.29 is 9.59 Å². The van der Waals surface area contributed by atoms with Gasteiger partial charge in [-0.15, -0.1) is 0 Å². The van der Waals surface area contributed by atoms with Crippen LogP contribution in [0.1, 0.15) is 26.7 Å². The Morgan fingerprint density at radius 3 is 2.62 bits per heavy atom. The third-order valence-electron chi connectivity index (χ3n) is 3.53. The highest BCUT2D eigenvalue weighted by Crippen LogP contribution is 2.39. The van der Waals surface area contributed by atoms with E-state index >= 15 is 0 Å². The molecule has 0 aliphatic carbocycles. The van der Waals surface area contributed by atoms with Gasteiger partial charge in [-0.05, 0) is 32.4 Å². The first-order valence-electron chi connectivity index (χ1n) is 5.67. The van der Waals surface area contributed by atoms with E-state index in [1.54, 1.807) is 14.0 Å². The molecular weight excluding hydrogens is 224 g/mol. The van der Waals surface area contributed by atoms with Crippen molar-refractivity contribution >= 4 is 23.7 Å². The summed E-state index contributed by atoms with van der Waals surface area (Å²) in [5.41, 5.74) is 0. The predicted molar refractivity (Wildman–Crippen MR) is 64.4 cm³/mol. The van der Waals surface area contributed by atoms with Gasteiger partial charge in [0.1, 0.15) is 6.04 Å². The van der Waals surface area contributed by atoms with Crippen LogP contribution in [0.15, 0.2) is 0 Å². The van der Waals surface area contributed by atoms with Crippen molar-refractivity contribution in [1.82, 2.24) is 9.80 Å². The fraction of sp³-hybridized carbons (Fsp3) is 0.818. The Hall–Kier alpha value is -0.710. The summed E-state index contributed by atoms with van der Waals surface area (Å²) in [6.45, 7) is 4.49. The zero-order chi connectivity index (χ0) is 11.9. The minimum absolute atomic E-state index is 0.0544. The van der Waals surface area contributed by atoms with E-state index in [9.17, 15) is 9.59 Å². The third kappa shape index (κ3) is 1.81. The summed E-state index contributed by atoms with van der Waals surface area (Å²) >= 11 is 1.87. The van der Waals surface area contributed by atoms with E-state index in [2.05, 4.69) is 6.92 Å². The van der Waals surface area contributed by atoms with Crippen molar-refractivity contribution in [2.45, 2.75) is 37.5 Å². The molecule has 0 bridgehead atoms. The topological polar surface area (TPSA) is 40.6 Å². The lowest BCUT2D eigenvalue weighted by atomic mass is 10.1. The van der Waals surface area contributed by atoms with Crippen LogP contribution < -0.4 is 0 Å². The van der Waals surface area contributed by atoms with Gasteiger partial charge in [-0.3, -0.25) is 9.69 Å². The van der Waals surface area contributed by atoms with Crippen molar-refractivity contribution in [2.75, 3.05) is 19.3 Å². The second-order valence-electron chi connectivity index (χ2n) is 4.90. The Morgan fingerprint density at radius 2 is 2.19 bits per heavy atom. The molecule has 5 heteroatoms. The van der Waals surface area contributed by atoms with Crippen molar-refractivity contribution in [1.29, 1.82) is 0 Å². The summed E-state index contributed by atoms with van der Waals surface area (Å²) in [5.74, 6) is 1.08. The summed E-state index contributed by atoms with van der Waals surface area (Å²) in [6, 6.07) is -0.450. The Kier molecular flexibility index (Phi) is 2.90. The molecular formula is C11H18N2O2S. The maximum atomic E-state index is 11.9. The fourth-order valence-electron chi connectivity index (χ4n) is 2.28. The number of thioether (sulfide) groups is 1. The highest BCUT2D eigenvalue weighted by atomic mass is 32.2. The minimum atomic E-state index is -0.303. The summed E-state index contributed by atoms with van der Waals surface area (Å²) in [5, 5.41) is 0. The SMILES string of the molecule is C[C@H]1C(=O)N(CC2(C)CCCS2)C(=O)N1C. The van der Waals surface area contributed by atoms with Crippen LogP contribution in [-0.4, -0.2) is 51.9 Å². The number of hydrogen-bond donors (Lipinski definition) is 0. The number of imide groups is 1. The van der Waals surface area contributed by atoms with Crippen LogP contribution in [0.4, 0.5) is 4.79 Å². The Morgan fingerprint density at radius 1 is 1.50 bits per heavy atom. The molecule has 0 aromatic carbocycles. The van der Waals surface area contributed by atoms with Gasteiger partial charge in [-0.2, -0.15) is 11.8 Å². The van der Waals surface area contributed by atoms with Gasteiger partial charge in [0.2, 0.25) is 0 Å². The maximum Gasteiger partial charge on any atom is 0.327 e. The molecule has 2 fully saturated rings. The second-order valence-corrected chi connectivity index (χ2v) is 6.58. The lowest BCUT2D eigenvalue weighted by Crippen LogP contribution is -2.41. The van der Waals surface area contributed by atoms with E-state index in [0.29, 0.717) is 6.54 Å². The average molecular weight is 242 g/mol. The van der Waals surface area contributed by atoms with Crippen molar-refractivity contribution in [3.05, 3.63) is 0 Å². The Bertz CT molecular complexity index is 306. The van der Waals surface area contributed by atoms with Gasteiger partial charge in [0, 0.05) is 18.3 Å². The summed E-state index contributed by atoms with van der Waals surface area (Å²) in [7, 11) is 1.69. The number of nitrogens with zero attached hydrogens (tertiary/aromatic N) is 2. The zero-order valence-corrected chi connectivity index (χ0v) is 10.8. The smallest absolute Gasteiger partial charge is 0.316 e. The Labute approximate surface area is 100 Å². The lowest BCUT2D eigenvalue weighted by Gasteiger charge is -2.27. The highest BCUT2D eigenvalue weighted by molar-refractivity contribution is 8.00. The predicted octanol–water partition coefficient (Wildman–Crippen LogP) is 1.55. The number of carbonyl (C=O) groups excluding carboxylic acids is 2. The molecule has 2 heterocycles. The van der Waals surface area contributed by atoms with Crippen LogP contribution >= 0.6 is 11.8 Å². The molecule has 3 amide bonds. The van der Waals surface area contributed by atoms with Gasteiger partial charge in [0.05, 0.1) is 0 Å². The van der Waals surface area contributed by atoms with Crippen LogP contribution in [0.25, 0.3) is 0 Å². The number of amides is 3. The fourth-order valence-corrected chi connectivity index (χ4v) is 3.57. The molecule has 0 aromatic heterocycles. The first-order chi connectivity index (χ1) is 7.44. The van der Waals surface area contributed by atoms with E-state index in [1.165, 1.54) is 16.2 Å². The van der Waals surface area contributed by atoms with Crippen LogP contribution in [0.2, 0.25) is 0 Å². The maximum absolute atomic E-state index is 11.9. The third-order valence-corrected chi connectivity index (χ3v) is 5.05. The van der Waals surface area contributed by atoms with Gasteiger partial charge in [-0.25, -0.2) is 4.79 Å². The molecule has 2 aliphatic rings. The van der Waals surface area contributed by atoms with E-state index in [4.69, 9.17) is 0 Å². The molecule has 2 atom stereocenters. The summed E-state index contributed by atoms with van der Waals surface area (Å²) in [6.07, 6.45) is 2.27. The minimum Gasteiger partial charge on any atom is -0.316 e. The molecule has 2 aliphatic heterocycles. The number of urea groups is 1. The summed E-state index contributed by atoms with van der Waals surface area (Å²) in [4.78, 5) is 26.7. The number of likely N-dealkylation sites (N-methyl/N-ethyl adjacent to an activating group) is 1. The average Bonchev–Trinajstić information content (AvgIpc) is 2.75. The van der Waals surface area contributed by atoms with Crippen LogP contribution in [0.5, 0.6) is 0 Å². The first kappa shape index (κ1) is 11.8. The van der Waals surface area contributed by atoms with E-state index in [-0.39, 0.29) is 22.7 Å². The van der Waals surface area contributed by atoms with Gasteiger partial charge >= 0.3 is 6.03 Å². The van der Waals surface area contributed by atoms with Gasteiger partial charge in [0.25, 0.3) is 5.91 Å². The number of hydrogen-bond acceptors (Lipinski definition) is 3. The molecule has 0 radical (unpaired) electrons. The van der Waals surface area contributed by atoms with Crippen molar-refractivity contribution in [2.24, 2.45) is 0 Å². The van der Waals surface area contributed by atoms with E-state index < -0.39 is 0 Å². The van der Waals surface area contributed by atoms with Gasteiger partial charge < -0.3 is 4.90 Å². The monoisotopic (exact) mass is 242 g/mol. The largest absolute Gasteiger partial charge is 0.327 e.